The van der Waals surface area contributed by atoms with Crippen molar-refractivity contribution in [1.29, 1.82) is 0 Å². The lowest BCUT2D eigenvalue weighted by atomic mass is 10.1. The molecular formula is C12H22N2O3S. The van der Waals surface area contributed by atoms with Gasteiger partial charge in [0, 0.05) is 30.1 Å². The first-order chi connectivity index (χ1) is 8.32. The van der Waals surface area contributed by atoms with Crippen LogP contribution in [0.25, 0.3) is 0 Å². The largest absolute Gasteiger partial charge is 0.481 e. The minimum Gasteiger partial charge on any atom is -0.481 e. The Morgan fingerprint density at radius 2 is 2.11 bits per heavy atom. The molecule has 1 aliphatic rings. The summed E-state index contributed by atoms with van der Waals surface area (Å²) < 4.78 is 0.212. The maximum absolute atomic E-state index is 11.9. The Bertz CT molecular complexity index is 320. The summed E-state index contributed by atoms with van der Waals surface area (Å²) in [5.41, 5.74) is 0. The Morgan fingerprint density at radius 3 is 2.72 bits per heavy atom. The molecule has 1 aliphatic heterocycles. The zero-order valence-electron chi connectivity index (χ0n) is 11.2. The summed E-state index contributed by atoms with van der Waals surface area (Å²) >= 11 is 1.88. The highest BCUT2D eigenvalue weighted by Crippen LogP contribution is 2.30. The predicted molar refractivity (Wildman–Crippen MR) is 72.9 cm³/mol. The van der Waals surface area contributed by atoms with Crippen molar-refractivity contribution in [2.45, 2.75) is 31.9 Å². The topological polar surface area (TPSA) is 69.6 Å². The third-order valence-corrected chi connectivity index (χ3v) is 4.48. The van der Waals surface area contributed by atoms with Gasteiger partial charge in [0.1, 0.15) is 0 Å². The molecule has 5 nitrogen and oxygen atoms in total. The Hall–Kier alpha value is -0.910. The molecule has 1 unspecified atom stereocenters. The van der Waals surface area contributed by atoms with E-state index in [0.717, 1.165) is 25.3 Å². The van der Waals surface area contributed by atoms with Gasteiger partial charge in [0.25, 0.3) is 0 Å². The van der Waals surface area contributed by atoms with Gasteiger partial charge in [-0.25, -0.2) is 4.79 Å². The second kappa shape index (κ2) is 6.31. The van der Waals surface area contributed by atoms with E-state index in [0.29, 0.717) is 0 Å². The number of urea groups is 1. The number of carbonyl (C=O) groups is 2. The lowest BCUT2D eigenvalue weighted by Gasteiger charge is -2.23. The maximum atomic E-state index is 11.9. The van der Waals surface area contributed by atoms with Gasteiger partial charge in [0.15, 0.2) is 0 Å². The Kier molecular flexibility index (Phi) is 5.31. The molecule has 0 saturated carbocycles. The predicted octanol–water partition coefficient (Wildman–Crippen LogP) is 1.63. The van der Waals surface area contributed by atoms with E-state index in [2.05, 4.69) is 19.2 Å². The third-order valence-electron chi connectivity index (χ3n) is 3.11. The number of carbonyl (C=O) groups excluding carboxylic acids is 1. The maximum Gasteiger partial charge on any atom is 0.317 e. The molecule has 0 aromatic rings. The molecule has 0 aromatic carbocycles. The molecule has 1 saturated heterocycles. The van der Waals surface area contributed by atoms with Crippen LogP contribution in [0, 0.1) is 5.92 Å². The van der Waals surface area contributed by atoms with Gasteiger partial charge in [-0.15, -0.1) is 0 Å². The van der Waals surface area contributed by atoms with Crippen molar-refractivity contribution in [2.24, 2.45) is 5.92 Å². The molecule has 1 heterocycles. The van der Waals surface area contributed by atoms with Gasteiger partial charge >= 0.3 is 12.0 Å². The van der Waals surface area contributed by atoms with Crippen LogP contribution in [-0.4, -0.2) is 52.1 Å². The molecule has 18 heavy (non-hydrogen) atoms. The van der Waals surface area contributed by atoms with E-state index in [1.165, 1.54) is 0 Å². The number of nitrogens with zero attached hydrogens (tertiary/aromatic N) is 1. The van der Waals surface area contributed by atoms with E-state index >= 15 is 0 Å². The van der Waals surface area contributed by atoms with Crippen molar-refractivity contribution in [3.8, 4) is 0 Å². The molecule has 0 aromatic heterocycles. The van der Waals surface area contributed by atoms with Crippen LogP contribution in [0.1, 0.15) is 27.2 Å². The number of aliphatic carboxylic acids is 1. The standard InChI is InChI=1S/C12H22N2O3S/c1-9(10(15)16)8-13-11(17)14-5-4-12(2,3)18-7-6-14/h9H,4-8H2,1-3H3,(H,13,17)(H,15,16). The fourth-order valence-electron chi connectivity index (χ4n) is 1.66. The smallest absolute Gasteiger partial charge is 0.317 e. The lowest BCUT2D eigenvalue weighted by Crippen LogP contribution is -2.43. The van der Waals surface area contributed by atoms with E-state index < -0.39 is 11.9 Å². The second-order valence-corrected chi connectivity index (χ2v) is 7.07. The van der Waals surface area contributed by atoms with E-state index in [9.17, 15) is 9.59 Å². The SMILES string of the molecule is CC(CNC(=O)N1CCSC(C)(C)CC1)C(=O)O. The van der Waals surface area contributed by atoms with Crippen molar-refractivity contribution in [1.82, 2.24) is 10.2 Å². The van der Waals surface area contributed by atoms with Gasteiger partial charge < -0.3 is 15.3 Å². The summed E-state index contributed by atoms with van der Waals surface area (Å²) in [6, 6.07) is -0.151. The van der Waals surface area contributed by atoms with Crippen LogP contribution in [0.15, 0.2) is 0 Å². The molecule has 0 aliphatic carbocycles. The fraction of sp³-hybridized carbons (Fsp3) is 0.833. The van der Waals surface area contributed by atoms with Crippen molar-refractivity contribution < 1.29 is 14.7 Å². The van der Waals surface area contributed by atoms with E-state index in [1.807, 2.05) is 11.8 Å². The Morgan fingerprint density at radius 1 is 1.44 bits per heavy atom. The van der Waals surface area contributed by atoms with Gasteiger partial charge in [0.05, 0.1) is 5.92 Å². The van der Waals surface area contributed by atoms with Crippen molar-refractivity contribution >= 4 is 23.8 Å². The van der Waals surface area contributed by atoms with Crippen LogP contribution in [0.3, 0.4) is 0 Å². The summed E-state index contributed by atoms with van der Waals surface area (Å²) in [6.45, 7) is 7.59. The summed E-state index contributed by atoms with van der Waals surface area (Å²) in [4.78, 5) is 24.3. The quantitative estimate of drug-likeness (QED) is 0.821. The zero-order valence-corrected chi connectivity index (χ0v) is 12.0. The first-order valence-corrected chi connectivity index (χ1v) is 7.20. The Balaban J connectivity index is 2.40. The molecule has 1 atom stereocenters. The summed E-state index contributed by atoms with van der Waals surface area (Å²) in [5.74, 6) is -0.510. The van der Waals surface area contributed by atoms with Crippen molar-refractivity contribution in [3.63, 3.8) is 0 Å². The molecule has 0 bridgehead atoms. The molecule has 0 radical (unpaired) electrons. The average Bonchev–Trinajstić information content (AvgIpc) is 2.46. The highest BCUT2D eigenvalue weighted by Gasteiger charge is 2.26. The Labute approximate surface area is 112 Å². The third kappa shape index (κ3) is 4.76. The minimum absolute atomic E-state index is 0.151. The molecule has 104 valence electrons. The summed E-state index contributed by atoms with van der Waals surface area (Å²) in [7, 11) is 0. The van der Waals surface area contributed by atoms with Crippen LogP contribution in [0.2, 0.25) is 0 Å². The number of rotatable bonds is 3. The van der Waals surface area contributed by atoms with Crippen LogP contribution >= 0.6 is 11.8 Å². The van der Waals surface area contributed by atoms with Gasteiger partial charge in [-0.3, -0.25) is 4.79 Å². The monoisotopic (exact) mass is 274 g/mol. The van der Waals surface area contributed by atoms with E-state index in [1.54, 1.807) is 11.8 Å². The van der Waals surface area contributed by atoms with Crippen LogP contribution < -0.4 is 5.32 Å². The molecule has 2 amide bonds. The highest BCUT2D eigenvalue weighted by molar-refractivity contribution is 8.00. The van der Waals surface area contributed by atoms with Gasteiger partial charge in [-0.05, 0) is 6.42 Å². The molecule has 1 fully saturated rings. The molecule has 2 N–H and O–H groups in total. The van der Waals surface area contributed by atoms with Gasteiger partial charge in [-0.2, -0.15) is 11.8 Å². The zero-order chi connectivity index (χ0) is 13.8. The van der Waals surface area contributed by atoms with E-state index in [4.69, 9.17) is 5.11 Å². The number of thioether (sulfide) groups is 1. The van der Waals surface area contributed by atoms with Crippen LogP contribution in [-0.2, 0) is 4.79 Å². The molecule has 6 heteroatoms. The van der Waals surface area contributed by atoms with Crippen LogP contribution in [0.5, 0.6) is 0 Å². The number of amides is 2. The average molecular weight is 274 g/mol. The summed E-state index contributed by atoms with van der Waals surface area (Å²) in [6.07, 6.45) is 0.958. The normalized spacial score (nSPS) is 20.9. The number of carboxylic acid groups (broad SMARTS) is 1. The number of hydrogen-bond donors (Lipinski definition) is 2. The first-order valence-electron chi connectivity index (χ1n) is 6.21. The van der Waals surface area contributed by atoms with Crippen LogP contribution in [0.4, 0.5) is 4.79 Å². The molecular weight excluding hydrogens is 252 g/mol. The number of hydrogen-bond acceptors (Lipinski definition) is 3. The molecule has 0 spiro atoms. The fourth-order valence-corrected chi connectivity index (χ4v) is 2.76. The highest BCUT2D eigenvalue weighted by atomic mass is 32.2. The second-order valence-electron chi connectivity index (χ2n) is 5.27. The van der Waals surface area contributed by atoms with Gasteiger partial charge in [-0.1, -0.05) is 20.8 Å². The lowest BCUT2D eigenvalue weighted by molar-refractivity contribution is -0.140. The minimum atomic E-state index is -0.886. The van der Waals surface area contributed by atoms with Gasteiger partial charge in [0.2, 0.25) is 0 Å². The van der Waals surface area contributed by atoms with E-state index in [-0.39, 0.29) is 17.3 Å². The van der Waals surface area contributed by atoms with Crippen molar-refractivity contribution in [2.75, 3.05) is 25.4 Å². The number of nitrogens with one attached hydrogen (secondary N) is 1. The molecule has 1 rings (SSSR count). The first kappa shape index (κ1) is 15.1. The van der Waals surface area contributed by atoms with Crippen molar-refractivity contribution in [3.05, 3.63) is 0 Å². The number of carboxylic acids is 1. The summed E-state index contributed by atoms with van der Waals surface area (Å²) in [5, 5.41) is 11.4.